The van der Waals surface area contributed by atoms with E-state index in [9.17, 15) is 4.79 Å². The lowest BCUT2D eigenvalue weighted by Crippen LogP contribution is -2.17. The first kappa shape index (κ1) is 10.5. The quantitative estimate of drug-likeness (QED) is 0.745. The second-order valence-electron chi connectivity index (χ2n) is 5.19. The predicted octanol–water partition coefficient (Wildman–Crippen LogP) is 3.25. The molecule has 86 valence electrons. The van der Waals surface area contributed by atoms with Gasteiger partial charge in [-0.1, -0.05) is 19.1 Å². The third-order valence-electron chi connectivity index (χ3n) is 3.84. The molecule has 0 N–H and O–H groups in total. The highest BCUT2D eigenvalue weighted by Gasteiger charge is 2.35. The summed E-state index contributed by atoms with van der Waals surface area (Å²) in [6.45, 7) is 2.19. The molecule has 1 saturated carbocycles. The zero-order chi connectivity index (χ0) is 11.9. The summed E-state index contributed by atoms with van der Waals surface area (Å²) in [5, 5.41) is 1.16. The van der Waals surface area contributed by atoms with Gasteiger partial charge in [0.2, 0.25) is 0 Å². The number of hydrogen-bond acceptors (Lipinski definition) is 2. The largest absolute Gasteiger partial charge is 0.300 e. The molecule has 17 heavy (non-hydrogen) atoms. The lowest BCUT2D eigenvalue weighted by atomic mass is 9.80. The molecule has 0 spiro atoms. The van der Waals surface area contributed by atoms with Gasteiger partial charge in [-0.3, -0.25) is 9.78 Å². The SMILES string of the molecule is CC1(c2ccc3ncccc3c2)CCC(=O)C1. The third kappa shape index (κ3) is 1.74. The van der Waals surface area contributed by atoms with E-state index in [4.69, 9.17) is 0 Å². The molecule has 1 aliphatic carbocycles. The summed E-state index contributed by atoms with van der Waals surface area (Å²) in [4.78, 5) is 15.8. The summed E-state index contributed by atoms with van der Waals surface area (Å²) in [5.41, 5.74) is 2.31. The van der Waals surface area contributed by atoms with Crippen molar-refractivity contribution in [3.63, 3.8) is 0 Å². The average molecular weight is 225 g/mol. The van der Waals surface area contributed by atoms with E-state index in [1.165, 1.54) is 5.56 Å². The molecule has 0 aliphatic heterocycles. The van der Waals surface area contributed by atoms with E-state index in [1.54, 1.807) is 0 Å². The van der Waals surface area contributed by atoms with Gasteiger partial charge in [0.25, 0.3) is 0 Å². The normalized spacial score (nSPS) is 24.4. The van der Waals surface area contributed by atoms with E-state index in [-0.39, 0.29) is 5.41 Å². The molecule has 2 heteroatoms. The van der Waals surface area contributed by atoms with Gasteiger partial charge in [-0.25, -0.2) is 0 Å². The van der Waals surface area contributed by atoms with Crippen molar-refractivity contribution in [2.75, 3.05) is 0 Å². The Hall–Kier alpha value is -1.70. The minimum Gasteiger partial charge on any atom is -0.300 e. The number of pyridine rings is 1. The molecule has 0 saturated heterocycles. The molecule has 0 radical (unpaired) electrons. The van der Waals surface area contributed by atoms with Crippen LogP contribution in [0.4, 0.5) is 0 Å². The van der Waals surface area contributed by atoms with Crippen LogP contribution in [-0.2, 0) is 10.2 Å². The summed E-state index contributed by atoms with van der Waals surface area (Å²) in [5.74, 6) is 0.388. The number of carbonyl (C=O) groups excluding carboxylic acids is 1. The first-order valence-corrected chi connectivity index (χ1v) is 6.04. The van der Waals surface area contributed by atoms with Crippen molar-refractivity contribution in [1.29, 1.82) is 0 Å². The van der Waals surface area contributed by atoms with E-state index >= 15 is 0 Å². The molecule has 0 bridgehead atoms. The van der Waals surface area contributed by atoms with Gasteiger partial charge in [0.15, 0.2) is 0 Å². The number of Topliss-reactive ketones (excluding diaryl/α,β-unsaturated/α-hetero) is 1. The Bertz CT molecular complexity index is 590. The van der Waals surface area contributed by atoms with Crippen molar-refractivity contribution in [1.82, 2.24) is 4.98 Å². The second kappa shape index (κ2) is 3.66. The lowest BCUT2D eigenvalue weighted by Gasteiger charge is -2.23. The summed E-state index contributed by atoms with van der Waals surface area (Å²) < 4.78 is 0. The standard InChI is InChI=1S/C15H15NO/c1-15(7-6-13(17)10-15)12-4-5-14-11(9-12)3-2-8-16-14/h2-5,8-9H,6-7,10H2,1H3. The molecule has 1 atom stereocenters. The number of benzene rings is 1. The summed E-state index contributed by atoms with van der Waals surface area (Å²) in [6, 6.07) is 10.4. The highest BCUT2D eigenvalue weighted by molar-refractivity contribution is 5.84. The molecule has 2 nitrogen and oxygen atoms in total. The number of nitrogens with zero attached hydrogens (tertiary/aromatic N) is 1. The van der Waals surface area contributed by atoms with Gasteiger partial charge >= 0.3 is 0 Å². The fourth-order valence-electron chi connectivity index (χ4n) is 2.72. The maximum absolute atomic E-state index is 11.5. The summed E-state index contributed by atoms with van der Waals surface area (Å²) >= 11 is 0. The number of hydrogen-bond donors (Lipinski definition) is 0. The van der Waals surface area contributed by atoms with Gasteiger partial charge in [0.1, 0.15) is 5.78 Å². The molecule has 1 aromatic carbocycles. The van der Waals surface area contributed by atoms with Gasteiger partial charge in [-0.05, 0) is 35.6 Å². The van der Waals surface area contributed by atoms with Crippen LogP contribution in [0.3, 0.4) is 0 Å². The third-order valence-corrected chi connectivity index (χ3v) is 3.84. The molecule has 1 unspecified atom stereocenters. The fraction of sp³-hybridized carbons (Fsp3) is 0.333. The maximum Gasteiger partial charge on any atom is 0.133 e. The highest BCUT2D eigenvalue weighted by atomic mass is 16.1. The Morgan fingerprint density at radius 1 is 1.29 bits per heavy atom. The smallest absolute Gasteiger partial charge is 0.133 e. The van der Waals surface area contributed by atoms with Crippen LogP contribution in [-0.4, -0.2) is 10.8 Å². The zero-order valence-electron chi connectivity index (χ0n) is 9.94. The zero-order valence-corrected chi connectivity index (χ0v) is 9.94. The molecule has 1 heterocycles. The van der Waals surface area contributed by atoms with Crippen molar-refractivity contribution in [2.24, 2.45) is 0 Å². The van der Waals surface area contributed by atoms with Crippen molar-refractivity contribution in [3.05, 3.63) is 42.1 Å². The number of aromatic nitrogens is 1. The van der Waals surface area contributed by atoms with Gasteiger partial charge in [-0.15, -0.1) is 0 Å². The monoisotopic (exact) mass is 225 g/mol. The first-order valence-electron chi connectivity index (χ1n) is 6.04. The molecule has 0 amide bonds. The molecule has 3 rings (SSSR count). The van der Waals surface area contributed by atoms with Gasteiger partial charge in [0.05, 0.1) is 5.52 Å². The number of rotatable bonds is 1. The van der Waals surface area contributed by atoms with Crippen LogP contribution in [0.15, 0.2) is 36.5 Å². The van der Waals surface area contributed by atoms with E-state index in [0.717, 1.165) is 23.7 Å². The van der Waals surface area contributed by atoms with Gasteiger partial charge in [-0.2, -0.15) is 0 Å². The van der Waals surface area contributed by atoms with Crippen LogP contribution >= 0.6 is 0 Å². The minimum absolute atomic E-state index is 0.0289. The predicted molar refractivity (Wildman–Crippen MR) is 68.0 cm³/mol. The number of ketones is 1. The van der Waals surface area contributed by atoms with Crippen LogP contribution in [0, 0.1) is 0 Å². The van der Waals surface area contributed by atoms with Crippen LogP contribution in [0.1, 0.15) is 31.7 Å². The van der Waals surface area contributed by atoms with Crippen LogP contribution in [0.5, 0.6) is 0 Å². The molecule has 1 aromatic heterocycles. The Labute approximate surface area is 101 Å². The van der Waals surface area contributed by atoms with Crippen molar-refractivity contribution >= 4 is 16.7 Å². The fourth-order valence-corrected chi connectivity index (χ4v) is 2.72. The molecule has 1 fully saturated rings. The maximum atomic E-state index is 11.5. The van der Waals surface area contributed by atoms with E-state index in [1.807, 2.05) is 12.3 Å². The van der Waals surface area contributed by atoms with Crippen molar-refractivity contribution in [3.8, 4) is 0 Å². The highest BCUT2D eigenvalue weighted by Crippen LogP contribution is 2.39. The number of carbonyl (C=O) groups is 1. The first-order chi connectivity index (χ1) is 8.17. The van der Waals surface area contributed by atoms with E-state index in [0.29, 0.717) is 12.2 Å². The Morgan fingerprint density at radius 2 is 2.18 bits per heavy atom. The van der Waals surface area contributed by atoms with Crippen LogP contribution in [0.25, 0.3) is 10.9 Å². The number of fused-ring (bicyclic) bond motifs is 1. The van der Waals surface area contributed by atoms with Crippen LogP contribution in [0.2, 0.25) is 0 Å². The molecular weight excluding hydrogens is 210 g/mol. The second-order valence-corrected chi connectivity index (χ2v) is 5.19. The summed E-state index contributed by atoms with van der Waals surface area (Å²) in [7, 11) is 0. The minimum atomic E-state index is 0.0289. The topological polar surface area (TPSA) is 30.0 Å². The summed E-state index contributed by atoms with van der Waals surface area (Å²) in [6.07, 6.45) is 4.18. The van der Waals surface area contributed by atoms with E-state index < -0.39 is 0 Å². The van der Waals surface area contributed by atoms with E-state index in [2.05, 4.69) is 36.2 Å². The van der Waals surface area contributed by atoms with Gasteiger partial charge < -0.3 is 0 Å². The van der Waals surface area contributed by atoms with Crippen molar-refractivity contribution < 1.29 is 4.79 Å². The Balaban J connectivity index is 2.09. The van der Waals surface area contributed by atoms with Crippen LogP contribution < -0.4 is 0 Å². The van der Waals surface area contributed by atoms with Gasteiger partial charge in [0, 0.05) is 24.4 Å². The molecular formula is C15H15NO. The molecule has 1 aliphatic rings. The Morgan fingerprint density at radius 3 is 2.94 bits per heavy atom. The van der Waals surface area contributed by atoms with Crippen molar-refractivity contribution in [2.45, 2.75) is 31.6 Å². The lowest BCUT2D eigenvalue weighted by molar-refractivity contribution is -0.117. The Kier molecular flexibility index (Phi) is 2.25. The molecule has 2 aromatic rings. The average Bonchev–Trinajstić information content (AvgIpc) is 2.70.